The molecule has 1 saturated carbocycles. The molecule has 1 aliphatic heterocycles. The molecule has 0 amide bonds. The molecule has 0 bridgehead atoms. The number of aliphatic hydroxyl groups is 1. The molecule has 1 spiro atoms. The van der Waals surface area contributed by atoms with Crippen molar-refractivity contribution in [3.8, 4) is 0 Å². The van der Waals surface area contributed by atoms with Gasteiger partial charge < -0.3 is 19.5 Å². The first-order valence-electron chi connectivity index (χ1n) is 7.11. The molecule has 2 rings (SSSR count). The largest absolute Gasteiger partial charge is 0.390 e. The van der Waals surface area contributed by atoms with Crippen LogP contribution in [0.15, 0.2) is 0 Å². The molecule has 1 saturated heterocycles. The number of ether oxygens (including phenoxy) is 2. The highest BCUT2D eigenvalue weighted by molar-refractivity contribution is 4.86. The van der Waals surface area contributed by atoms with Crippen LogP contribution in [-0.2, 0) is 9.47 Å². The van der Waals surface area contributed by atoms with Crippen LogP contribution in [0.5, 0.6) is 0 Å². The molecular weight excluding hydrogens is 230 g/mol. The number of hydrogen-bond acceptors (Lipinski definition) is 4. The van der Waals surface area contributed by atoms with Crippen molar-refractivity contribution in [3.05, 3.63) is 0 Å². The van der Waals surface area contributed by atoms with Crippen LogP contribution in [0.1, 0.15) is 46.0 Å². The van der Waals surface area contributed by atoms with E-state index in [1.165, 1.54) is 0 Å². The Morgan fingerprint density at radius 1 is 1.22 bits per heavy atom. The van der Waals surface area contributed by atoms with Gasteiger partial charge in [0.05, 0.1) is 18.8 Å². The second-order valence-corrected chi connectivity index (χ2v) is 6.38. The minimum absolute atomic E-state index is 0.256. The highest BCUT2D eigenvalue weighted by atomic mass is 16.7. The average Bonchev–Trinajstić information content (AvgIpc) is 2.75. The highest BCUT2D eigenvalue weighted by Crippen LogP contribution is 2.37. The van der Waals surface area contributed by atoms with E-state index in [0.29, 0.717) is 6.04 Å². The minimum Gasteiger partial charge on any atom is -0.390 e. The van der Waals surface area contributed by atoms with Crippen molar-refractivity contribution in [3.63, 3.8) is 0 Å². The molecule has 106 valence electrons. The predicted molar refractivity (Wildman–Crippen MR) is 70.4 cm³/mol. The van der Waals surface area contributed by atoms with E-state index in [4.69, 9.17) is 9.47 Å². The summed E-state index contributed by atoms with van der Waals surface area (Å²) in [5.74, 6) is -0.256. The van der Waals surface area contributed by atoms with Crippen molar-refractivity contribution < 1.29 is 14.6 Å². The second kappa shape index (κ2) is 5.45. The van der Waals surface area contributed by atoms with Crippen LogP contribution < -0.4 is 0 Å². The molecule has 2 aliphatic rings. The summed E-state index contributed by atoms with van der Waals surface area (Å²) in [5, 5.41) is 9.77. The van der Waals surface area contributed by atoms with Crippen LogP contribution in [0.2, 0.25) is 0 Å². The third kappa shape index (κ3) is 3.67. The van der Waals surface area contributed by atoms with Crippen molar-refractivity contribution in [1.29, 1.82) is 0 Å². The van der Waals surface area contributed by atoms with Crippen molar-refractivity contribution in [1.82, 2.24) is 4.90 Å². The Kier molecular flexibility index (Phi) is 4.32. The monoisotopic (exact) mass is 257 g/mol. The summed E-state index contributed by atoms with van der Waals surface area (Å²) >= 11 is 0. The molecule has 18 heavy (non-hydrogen) atoms. The zero-order chi connectivity index (χ0) is 13.2. The van der Waals surface area contributed by atoms with E-state index in [9.17, 15) is 5.11 Å². The summed E-state index contributed by atoms with van der Waals surface area (Å²) in [5.41, 5.74) is -0.568. The van der Waals surface area contributed by atoms with Crippen LogP contribution in [0.3, 0.4) is 0 Å². The first-order valence-corrected chi connectivity index (χ1v) is 7.11. The zero-order valence-electron chi connectivity index (χ0n) is 11.9. The Bertz CT molecular complexity index is 259. The van der Waals surface area contributed by atoms with Gasteiger partial charge in [0, 0.05) is 25.4 Å². The van der Waals surface area contributed by atoms with Crippen molar-refractivity contribution in [2.45, 2.75) is 63.4 Å². The van der Waals surface area contributed by atoms with E-state index in [2.05, 4.69) is 11.9 Å². The van der Waals surface area contributed by atoms with Gasteiger partial charge in [-0.2, -0.15) is 0 Å². The summed E-state index contributed by atoms with van der Waals surface area (Å²) < 4.78 is 11.5. The van der Waals surface area contributed by atoms with E-state index in [1.54, 1.807) is 0 Å². The van der Waals surface area contributed by atoms with Gasteiger partial charge in [-0.15, -0.1) is 0 Å². The fourth-order valence-electron chi connectivity index (χ4n) is 2.90. The normalized spacial score (nSPS) is 25.2. The summed E-state index contributed by atoms with van der Waals surface area (Å²) in [7, 11) is 2.16. The lowest BCUT2D eigenvalue weighted by Gasteiger charge is -2.39. The van der Waals surface area contributed by atoms with Crippen LogP contribution in [-0.4, -0.2) is 54.2 Å². The lowest BCUT2D eigenvalue weighted by atomic mass is 9.89. The molecule has 1 heterocycles. The van der Waals surface area contributed by atoms with Crippen molar-refractivity contribution in [2.75, 3.05) is 26.8 Å². The van der Waals surface area contributed by atoms with E-state index < -0.39 is 5.60 Å². The van der Waals surface area contributed by atoms with Crippen LogP contribution >= 0.6 is 0 Å². The van der Waals surface area contributed by atoms with Crippen LogP contribution in [0, 0.1) is 0 Å². The molecular formula is C14H27NO3. The molecule has 0 aromatic rings. The van der Waals surface area contributed by atoms with Gasteiger partial charge in [-0.3, -0.25) is 0 Å². The summed E-state index contributed by atoms with van der Waals surface area (Å²) in [4.78, 5) is 2.37. The fourth-order valence-corrected chi connectivity index (χ4v) is 2.90. The maximum atomic E-state index is 9.77. The summed E-state index contributed by atoms with van der Waals surface area (Å²) in [6.45, 7) is 6.19. The Balaban J connectivity index is 1.75. The van der Waals surface area contributed by atoms with Crippen LogP contribution in [0.4, 0.5) is 0 Å². The molecule has 0 radical (unpaired) electrons. The Morgan fingerprint density at radius 2 is 1.78 bits per heavy atom. The smallest absolute Gasteiger partial charge is 0.168 e. The van der Waals surface area contributed by atoms with Gasteiger partial charge >= 0.3 is 0 Å². The van der Waals surface area contributed by atoms with Crippen molar-refractivity contribution >= 4 is 0 Å². The second-order valence-electron chi connectivity index (χ2n) is 6.38. The molecule has 1 N–H and O–H groups in total. The molecule has 4 heteroatoms. The Hall–Kier alpha value is -0.160. The third-order valence-electron chi connectivity index (χ3n) is 4.23. The van der Waals surface area contributed by atoms with Gasteiger partial charge in [-0.1, -0.05) is 0 Å². The topological polar surface area (TPSA) is 41.9 Å². The molecule has 0 aromatic carbocycles. The minimum atomic E-state index is -0.568. The molecule has 0 aromatic heterocycles. The van der Waals surface area contributed by atoms with Gasteiger partial charge in [-0.25, -0.2) is 0 Å². The predicted octanol–water partition coefficient (Wildman–Crippen LogP) is 1.76. The molecule has 0 unspecified atom stereocenters. The highest BCUT2D eigenvalue weighted by Gasteiger charge is 2.41. The van der Waals surface area contributed by atoms with Gasteiger partial charge in [0.15, 0.2) is 5.79 Å². The standard InChI is InChI=1S/C14H27NO3/c1-13(2,16)8-9-15(3)12-4-6-14(7-5-12)17-10-11-18-14/h12,16H,4-11H2,1-3H3. The Morgan fingerprint density at radius 3 is 2.28 bits per heavy atom. The SMILES string of the molecule is CN(CCC(C)(C)O)C1CCC2(CC1)OCCO2. The zero-order valence-corrected chi connectivity index (χ0v) is 11.9. The molecule has 0 atom stereocenters. The Labute approximate surface area is 110 Å². The lowest BCUT2D eigenvalue weighted by molar-refractivity contribution is -0.183. The number of rotatable bonds is 4. The van der Waals surface area contributed by atoms with Gasteiger partial charge in [0.1, 0.15) is 0 Å². The van der Waals surface area contributed by atoms with E-state index >= 15 is 0 Å². The maximum absolute atomic E-state index is 9.77. The fraction of sp³-hybridized carbons (Fsp3) is 1.00. The molecule has 1 aliphatic carbocycles. The quantitative estimate of drug-likeness (QED) is 0.833. The maximum Gasteiger partial charge on any atom is 0.168 e. The summed E-state index contributed by atoms with van der Waals surface area (Å²) in [6.07, 6.45) is 5.08. The number of hydrogen-bond donors (Lipinski definition) is 1. The molecule has 2 fully saturated rings. The van der Waals surface area contributed by atoms with Gasteiger partial charge in [0.2, 0.25) is 0 Å². The average molecular weight is 257 g/mol. The first-order chi connectivity index (χ1) is 8.40. The van der Waals surface area contributed by atoms with E-state index in [0.717, 1.165) is 51.9 Å². The van der Waals surface area contributed by atoms with Gasteiger partial charge in [-0.05, 0) is 40.2 Å². The van der Waals surface area contributed by atoms with Crippen LogP contribution in [0.25, 0.3) is 0 Å². The summed E-state index contributed by atoms with van der Waals surface area (Å²) in [6, 6.07) is 0.603. The van der Waals surface area contributed by atoms with E-state index in [-0.39, 0.29) is 5.79 Å². The molecule has 4 nitrogen and oxygen atoms in total. The third-order valence-corrected chi connectivity index (χ3v) is 4.23. The van der Waals surface area contributed by atoms with Crippen molar-refractivity contribution in [2.24, 2.45) is 0 Å². The lowest BCUT2D eigenvalue weighted by Crippen LogP contribution is -2.43. The first kappa shape index (κ1) is 14.3. The number of nitrogens with zero attached hydrogens (tertiary/aromatic N) is 1. The van der Waals surface area contributed by atoms with E-state index in [1.807, 2.05) is 13.8 Å². The van der Waals surface area contributed by atoms with Gasteiger partial charge in [0.25, 0.3) is 0 Å².